The highest BCUT2D eigenvalue weighted by molar-refractivity contribution is 7.17. The van der Waals surface area contributed by atoms with E-state index >= 15 is 0 Å². The molecule has 2 aromatic carbocycles. The van der Waals surface area contributed by atoms with E-state index < -0.39 is 6.03 Å². The van der Waals surface area contributed by atoms with Gasteiger partial charge in [-0.05, 0) is 31.2 Å². The Morgan fingerprint density at radius 3 is 2.48 bits per heavy atom. The van der Waals surface area contributed by atoms with E-state index in [4.69, 9.17) is 9.47 Å². The number of aryl methyl sites for hydroxylation is 1. The molecule has 0 saturated carbocycles. The Morgan fingerprint density at radius 1 is 0.931 bits per heavy atom. The predicted octanol–water partition coefficient (Wildman–Crippen LogP) is 4.12. The van der Waals surface area contributed by atoms with Crippen molar-refractivity contribution in [3.05, 3.63) is 59.1 Å². The van der Waals surface area contributed by atoms with Crippen LogP contribution in [-0.2, 0) is 0 Å². The van der Waals surface area contributed by atoms with Crippen LogP contribution < -0.4 is 25.4 Å². The smallest absolute Gasteiger partial charge is 0.325 e. The molecule has 0 fully saturated rings. The van der Waals surface area contributed by atoms with Crippen molar-refractivity contribution >= 4 is 39.8 Å². The number of amides is 3. The van der Waals surface area contributed by atoms with Gasteiger partial charge in [0.25, 0.3) is 5.91 Å². The summed E-state index contributed by atoms with van der Waals surface area (Å²) < 4.78 is 11.0. The molecule has 0 radical (unpaired) electrons. The molecule has 9 heteroatoms. The molecule has 3 amide bonds. The number of aromatic nitrogens is 1. The van der Waals surface area contributed by atoms with Gasteiger partial charge in [0.15, 0.2) is 16.6 Å². The topological polar surface area (TPSA) is 102 Å². The SMILES string of the molecule is Cc1nc(NC(=O)Nc2ccccc2)sc1C(=O)Nc1ccc2c(c1)OCCO2. The molecule has 8 nitrogen and oxygen atoms in total. The van der Waals surface area contributed by atoms with Crippen molar-refractivity contribution in [2.45, 2.75) is 6.92 Å². The molecule has 2 heterocycles. The van der Waals surface area contributed by atoms with Crippen molar-refractivity contribution in [3.8, 4) is 11.5 Å². The minimum atomic E-state index is -0.427. The van der Waals surface area contributed by atoms with E-state index in [1.807, 2.05) is 18.2 Å². The van der Waals surface area contributed by atoms with Gasteiger partial charge in [-0.15, -0.1) is 0 Å². The monoisotopic (exact) mass is 410 g/mol. The number of urea groups is 1. The summed E-state index contributed by atoms with van der Waals surface area (Å²) in [4.78, 5) is 29.4. The van der Waals surface area contributed by atoms with E-state index in [0.717, 1.165) is 11.3 Å². The average molecular weight is 410 g/mol. The second-order valence-corrected chi connectivity index (χ2v) is 7.19. The number of rotatable bonds is 4. The van der Waals surface area contributed by atoms with Gasteiger partial charge in [-0.2, -0.15) is 0 Å². The Hall–Kier alpha value is -3.59. The molecule has 148 valence electrons. The molecule has 3 N–H and O–H groups in total. The van der Waals surface area contributed by atoms with Crippen LogP contribution in [0.3, 0.4) is 0 Å². The third-order valence-corrected chi connectivity index (χ3v) is 5.13. The van der Waals surface area contributed by atoms with Crippen molar-refractivity contribution in [2.24, 2.45) is 0 Å². The number of fused-ring (bicyclic) bond motifs is 1. The van der Waals surface area contributed by atoms with Gasteiger partial charge in [0.1, 0.15) is 18.1 Å². The van der Waals surface area contributed by atoms with Crippen LogP contribution in [0.25, 0.3) is 0 Å². The number of carbonyl (C=O) groups excluding carboxylic acids is 2. The fraction of sp³-hybridized carbons (Fsp3) is 0.150. The molecule has 0 saturated heterocycles. The Bertz CT molecular complexity index is 1050. The third-order valence-electron chi connectivity index (χ3n) is 4.05. The summed E-state index contributed by atoms with van der Waals surface area (Å²) in [7, 11) is 0. The molecule has 0 spiro atoms. The minimum absolute atomic E-state index is 0.312. The molecule has 0 bridgehead atoms. The van der Waals surface area contributed by atoms with Crippen LogP contribution in [0.4, 0.5) is 21.3 Å². The molecule has 1 aromatic heterocycles. The van der Waals surface area contributed by atoms with Crippen molar-refractivity contribution in [2.75, 3.05) is 29.2 Å². The summed E-state index contributed by atoms with van der Waals surface area (Å²) in [6.45, 7) is 2.69. The van der Waals surface area contributed by atoms with E-state index in [0.29, 0.717) is 51.8 Å². The van der Waals surface area contributed by atoms with Crippen molar-refractivity contribution in [3.63, 3.8) is 0 Å². The van der Waals surface area contributed by atoms with E-state index in [1.54, 1.807) is 37.3 Å². The maximum atomic E-state index is 12.7. The fourth-order valence-electron chi connectivity index (χ4n) is 2.75. The molecule has 3 aromatic rings. The second-order valence-electron chi connectivity index (χ2n) is 6.19. The lowest BCUT2D eigenvalue weighted by Crippen LogP contribution is -2.19. The van der Waals surface area contributed by atoms with Crippen molar-refractivity contribution in [1.29, 1.82) is 0 Å². The number of nitrogens with one attached hydrogen (secondary N) is 3. The number of thiazole rings is 1. The first kappa shape index (κ1) is 18.8. The van der Waals surface area contributed by atoms with E-state index in [1.165, 1.54) is 0 Å². The van der Waals surface area contributed by atoms with Gasteiger partial charge in [-0.3, -0.25) is 10.1 Å². The van der Waals surface area contributed by atoms with Gasteiger partial charge in [0, 0.05) is 17.4 Å². The van der Waals surface area contributed by atoms with Gasteiger partial charge in [-0.1, -0.05) is 29.5 Å². The van der Waals surface area contributed by atoms with Crippen LogP contribution in [0.1, 0.15) is 15.4 Å². The number of ether oxygens (including phenoxy) is 2. The van der Waals surface area contributed by atoms with E-state index in [9.17, 15) is 9.59 Å². The van der Waals surface area contributed by atoms with Crippen LogP contribution in [0.15, 0.2) is 48.5 Å². The molecular formula is C20H18N4O4S. The fourth-order valence-corrected chi connectivity index (χ4v) is 3.61. The maximum absolute atomic E-state index is 12.7. The normalized spacial score (nSPS) is 12.2. The summed E-state index contributed by atoms with van der Waals surface area (Å²) >= 11 is 1.10. The highest BCUT2D eigenvalue weighted by Crippen LogP contribution is 2.33. The Kier molecular flexibility index (Phi) is 5.30. The summed E-state index contributed by atoms with van der Waals surface area (Å²) in [5, 5.41) is 8.52. The number of para-hydroxylation sites is 1. The molecule has 0 atom stereocenters. The van der Waals surface area contributed by atoms with Gasteiger partial charge >= 0.3 is 6.03 Å². The maximum Gasteiger partial charge on any atom is 0.325 e. The number of benzene rings is 2. The average Bonchev–Trinajstić information content (AvgIpc) is 3.08. The summed E-state index contributed by atoms with van der Waals surface area (Å²) in [6, 6.07) is 13.8. The largest absolute Gasteiger partial charge is 0.486 e. The van der Waals surface area contributed by atoms with Crippen LogP contribution in [0, 0.1) is 6.92 Å². The highest BCUT2D eigenvalue weighted by Gasteiger charge is 2.18. The van der Waals surface area contributed by atoms with Crippen molar-refractivity contribution in [1.82, 2.24) is 4.98 Å². The Morgan fingerprint density at radius 2 is 1.69 bits per heavy atom. The lowest BCUT2D eigenvalue weighted by atomic mass is 10.2. The first-order chi connectivity index (χ1) is 14.1. The first-order valence-electron chi connectivity index (χ1n) is 8.90. The first-order valence-corrected chi connectivity index (χ1v) is 9.71. The second kappa shape index (κ2) is 8.19. The molecule has 1 aliphatic rings. The quantitative estimate of drug-likeness (QED) is 0.601. The number of hydrogen-bond acceptors (Lipinski definition) is 6. The van der Waals surface area contributed by atoms with Crippen LogP contribution >= 0.6 is 11.3 Å². The summed E-state index contributed by atoms with van der Waals surface area (Å²) in [5.74, 6) is 0.933. The van der Waals surface area contributed by atoms with Crippen LogP contribution in [-0.4, -0.2) is 30.1 Å². The number of anilines is 3. The third kappa shape index (κ3) is 4.46. The number of hydrogen-bond donors (Lipinski definition) is 3. The summed E-state index contributed by atoms with van der Waals surface area (Å²) in [5.41, 5.74) is 1.78. The summed E-state index contributed by atoms with van der Waals surface area (Å²) in [6.07, 6.45) is 0. The molecule has 29 heavy (non-hydrogen) atoms. The van der Waals surface area contributed by atoms with Gasteiger partial charge < -0.3 is 20.1 Å². The molecule has 0 aliphatic carbocycles. The van der Waals surface area contributed by atoms with E-state index in [2.05, 4.69) is 20.9 Å². The standard InChI is InChI=1S/C20H18N4O4S/c1-12-17(18(25)22-14-7-8-15-16(11-14)28-10-9-27-15)29-20(21-12)24-19(26)23-13-5-3-2-4-6-13/h2-8,11H,9-10H2,1H3,(H,22,25)(H2,21,23,24,26). The zero-order valence-corrected chi connectivity index (χ0v) is 16.3. The van der Waals surface area contributed by atoms with Crippen LogP contribution in [0.2, 0.25) is 0 Å². The molecule has 4 rings (SSSR count). The Balaban J connectivity index is 1.42. The number of nitrogens with zero attached hydrogens (tertiary/aromatic N) is 1. The molecule has 1 aliphatic heterocycles. The van der Waals surface area contributed by atoms with E-state index in [-0.39, 0.29) is 5.91 Å². The predicted molar refractivity (Wildman–Crippen MR) is 111 cm³/mol. The lowest BCUT2D eigenvalue weighted by Gasteiger charge is -2.18. The van der Waals surface area contributed by atoms with Crippen molar-refractivity contribution < 1.29 is 19.1 Å². The van der Waals surface area contributed by atoms with Gasteiger partial charge in [-0.25, -0.2) is 9.78 Å². The van der Waals surface area contributed by atoms with Gasteiger partial charge in [0.05, 0.1) is 5.69 Å². The zero-order valence-electron chi connectivity index (χ0n) is 15.5. The number of carbonyl (C=O) groups is 2. The van der Waals surface area contributed by atoms with Crippen LogP contribution in [0.5, 0.6) is 11.5 Å². The van der Waals surface area contributed by atoms with Gasteiger partial charge in [0.2, 0.25) is 0 Å². The highest BCUT2D eigenvalue weighted by atomic mass is 32.1. The zero-order chi connectivity index (χ0) is 20.2. The molecule has 0 unspecified atom stereocenters. The lowest BCUT2D eigenvalue weighted by molar-refractivity contribution is 0.102. The Labute approximate surface area is 170 Å². The minimum Gasteiger partial charge on any atom is -0.486 e. The molecular weight excluding hydrogens is 392 g/mol.